The predicted octanol–water partition coefficient (Wildman–Crippen LogP) is 4.78. The van der Waals surface area contributed by atoms with E-state index >= 15 is 8.78 Å². The number of fused-ring (bicyclic) bond motifs is 5. The fourth-order valence-corrected chi connectivity index (χ4v) is 8.31. The number of benzene rings is 1. The number of hydroxylamine groups is 2. The zero-order valence-electron chi connectivity index (χ0n) is 20.8. The second-order valence-electron chi connectivity index (χ2n) is 11.7. The van der Waals surface area contributed by atoms with Gasteiger partial charge in [-0.1, -0.05) is 36.7 Å². The van der Waals surface area contributed by atoms with Crippen LogP contribution in [0.15, 0.2) is 48.1 Å². The quantitative estimate of drug-likeness (QED) is 0.470. The van der Waals surface area contributed by atoms with Crippen LogP contribution in [0.2, 0.25) is 5.02 Å². The van der Waals surface area contributed by atoms with Crippen LogP contribution in [-0.4, -0.2) is 56.7 Å². The second kappa shape index (κ2) is 8.97. The van der Waals surface area contributed by atoms with E-state index in [0.29, 0.717) is 5.02 Å². The Bertz CT molecular complexity index is 1170. The summed E-state index contributed by atoms with van der Waals surface area (Å²) in [5.74, 6) is -4.46. The average Bonchev–Trinajstić information content (AvgIpc) is 3.10. The molecule has 1 aromatic rings. The molecule has 0 radical (unpaired) electrons. The minimum absolute atomic E-state index is 0.0314. The summed E-state index contributed by atoms with van der Waals surface area (Å²) in [7, 11) is 0. The third-order valence-corrected chi connectivity index (χ3v) is 10.0. The lowest BCUT2D eigenvalue weighted by Crippen LogP contribution is -2.68. The molecule has 0 aromatic heterocycles. The third kappa shape index (κ3) is 3.90. The molecule has 3 fully saturated rings. The van der Waals surface area contributed by atoms with E-state index in [2.05, 4.69) is 0 Å². The van der Waals surface area contributed by atoms with Gasteiger partial charge in [-0.25, -0.2) is 8.78 Å². The molecule has 0 bridgehead atoms. The van der Waals surface area contributed by atoms with E-state index in [4.69, 9.17) is 11.6 Å². The number of carbonyl (C=O) groups excluding carboxylic acids is 1. The maximum absolute atomic E-state index is 17.2. The number of allylic oxidation sites excluding steroid dienone is 4. The summed E-state index contributed by atoms with van der Waals surface area (Å²) in [5.41, 5.74) is -3.95. The Balaban J connectivity index is 1.47. The summed E-state index contributed by atoms with van der Waals surface area (Å²) in [6.45, 7) is 3.46. The van der Waals surface area contributed by atoms with Gasteiger partial charge in [0.05, 0.1) is 12.0 Å². The number of aliphatic carboxylic acids is 1. The Labute approximate surface area is 219 Å². The van der Waals surface area contributed by atoms with Gasteiger partial charge in [0.15, 0.2) is 11.5 Å². The van der Waals surface area contributed by atoms with Crippen molar-refractivity contribution in [3.8, 4) is 0 Å². The number of hydrogen-bond acceptors (Lipinski definition) is 5. The number of rotatable bonds is 5. The summed E-state index contributed by atoms with van der Waals surface area (Å²) in [6, 6.07) is 6.93. The highest BCUT2D eigenvalue weighted by atomic mass is 35.5. The van der Waals surface area contributed by atoms with Gasteiger partial charge in [-0.15, -0.1) is 0 Å². The Kier molecular flexibility index (Phi) is 6.42. The average molecular weight is 536 g/mol. The number of carboxylic acids is 1. The van der Waals surface area contributed by atoms with Crippen LogP contribution in [0.1, 0.15) is 38.7 Å². The number of alkyl halides is 2. The number of carbonyl (C=O) groups is 2. The van der Waals surface area contributed by atoms with Gasteiger partial charge in [0.25, 0.3) is 0 Å². The van der Waals surface area contributed by atoms with Gasteiger partial charge in [0, 0.05) is 29.4 Å². The zero-order chi connectivity index (χ0) is 26.9. The van der Waals surface area contributed by atoms with E-state index in [-0.39, 0.29) is 37.9 Å². The summed E-state index contributed by atoms with van der Waals surface area (Å²) < 4.78 is 32.8. The lowest BCUT2D eigenvalue weighted by molar-refractivity contribution is -0.204. The molecular weight excluding hydrogens is 504 g/mol. The van der Waals surface area contributed by atoms with Crippen LogP contribution in [0.25, 0.3) is 0 Å². The molecule has 4 aliphatic rings. The first-order valence-corrected chi connectivity index (χ1v) is 13.1. The molecule has 0 amide bonds. The maximum Gasteiger partial charge on any atom is 0.307 e. The van der Waals surface area contributed by atoms with Crippen LogP contribution in [0.5, 0.6) is 0 Å². The fraction of sp³-hybridized carbons (Fsp3) is 0.571. The SMILES string of the molecule is CC12CC(O)C3(F)C(CC(F)C4=CC(=O)C=CC43C)C1CC(CN(O)Cc1ccc(Cl)cc1)C2C(=O)O. The molecule has 0 aliphatic heterocycles. The van der Waals surface area contributed by atoms with Crippen molar-refractivity contribution in [2.24, 2.45) is 34.5 Å². The van der Waals surface area contributed by atoms with Crippen LogP contribution >= 0.6 is 11.6 Å². The van der Waals surface area contributed by atoms with Gasteiger partial charge in [0.1, 0.15) is 6.17 Å². The van der Waals surface area contributed by atoms with Gasteiger partial charge < -0.3 is 15.4 Å². The molecule has 1 aromatic carbocycles. The molecule has 0 heterocycles. The van der Waals surface area contributed by atoms with Crippen molar-refractivity contribution in [2.45, 2.75) is 57.6 Å². The fourth-order valence-electron chi connectivity index (χ4n) is 8.19. The number of halogens is 3. The number of hydrogen-bond donors (Lipinski definition) is 3. The maximum atomic E-state index is 17.2. The summed E-state index contributed by atoms with van der Waals surface area (Å²) in [4.78, 5) is 24.5. The molecule has 0 saturated heterocycles. The van der Waals surface area contributed by atoms with Gasteiger partial charge in [-0.05, 0) is 78.9 Å². The molecule has 9 atom stereocenters. The number of carboxylic acid groups (broad SMARTS) is 1. The second-order valence-corrected chi connectivity index (χ2v) is 12.2. The molecule has 9 unspecified atom stereocenters. The van der Waals surface area contributed by atoms with Crippen molar-refractivity contribution in [3.05, 3.63) is 58.7 Å². The monoisotopic (exact) mass is 535 g/mol. The topological polar surface area (TPSA) is 98.1 Å². The molecule has 37 heavy (non-hydrogen) atoms. The number of nitrogens with zero attached hydrogens (tertiary/aromatic N) is 1. The van der Waals surface area contributed by atoms with Gasteiger partial charge in [0.2, 0.25) is 0 Å². The summed E-state index contributed by atoms with van der Waals surface area (Å²) in [6.07, 6.45) is 0.544. The van der Waals surface area contributed by atoms with Crippen molar-refractivity contribution in [2.75, 3.05) is 6.54 Å². The van der Waals surface area contributed by atoms with E-state index in [1.165, 1.54) is 19.1 Å². The minimum atomic E-state index is -2.26. The first kappa shape index (κ1) is 26.5. The van der Waals surface area contributed by atoms with Crippen molar-refractivity contribution in [1.29, 1.82) is 0 Å². The normalized spacial score (nSPS) is 42.7. The number of aliphatic hydroxyl groups is 1. The lowest BCUT2D eigenvalue weighted by Gasteiger charge is -2.62. The molecule has 3 saturated carbocycles. The summed E-state index contributed by atoms with van der Waals surface area (Å²) in [5, 5.41) is 33.9. The molecule has 5 rings (SSSR count). The van der Waals surface area contributed by atoms with Crippen LogP contribution in [-0.2, 0) is 16.1 Å². The Morgan fingerprint density at radius 2 is 1.86 bits per heavy atom. The van der Waals surface area contributed by atoms with Crippen molar-refractivity contribution in [3.63, 3.8) is 0 Å². The molecule has 6 nitrogen and oxygen atoms in total. The van der Waals surface area contributed by atoms with E-state index in [1.807, 2.05) is 0 Å². The van der Waals surface area contributed by atoms with Crippen molar-refractivity contribution >= 4 is 23.4 Å². The van der Waals surface area contributed by atoms with E-state index in [9.17, 15) is 25.0 Å². The minimum Gasteiger partial charge on any atom is -0.481 e. The first-order chi connectivity index (χ1) is 17.3. The number of ketones is 1. The largest absolute Gasteiger partial charge is 0.481 e. The van der Waals surface area contributed by atoms with Crippen LogP contribution in [0, 0.1) is 34.5 Å². The predicted molar refractivity (Wildman–Crippen MR) is 132 cm³/mol. The van der Waals surface area contributed by atoms with Gasteiger partial charge in [-0.3, -0.25) is 9.59 Å². The molecule has 0 spiro atoms. The summed E-state index contributed by atoms with van der Waals surface area (Å²) >= 11 is 5.93. The van der Waals surface area contributed by atoms with Gasteiger partial charge >= 0.3 is 5.97 Å². The van der Waals surface area contributed by atoms with E-state index < -0.39 is 64.2 Å². The molecule has 3 N–H and O–H groups in total. The lowest BCUT2D eigenvalue weighted by atomic mass is 9.45. The van der Waals surface area contributed by atoms with Crippen LogP contribution in [0.4, 0.5) is 8.78 Å². The Hall–Kier alpha value is -2.13. The molecular formula is C28H32ClF2NO5. The van der Waals surface area contributed by atoms with Gasteiger partial charge in [-0.2, -0.15) is 5.06 Å². The highest BCUT2D eigenvalue weighted by molar-refractivity contribution is 6.30. The molecule has 9 heteroatoms. The molecule has 4 aliphatic carbocycles. The smallest absolute Gasteiger partial charge is 0.307 e. The highest BCUT2D eigenvalue weighted by Gasteiger charge is 2.73. The zero-order valence-corrected chi connectivity index (χ0v) is 21.5. The van der Waals surface area contributed by atoms with Crippen LogP contribution < -0.4 is 0 Å². The number of aliphatic hydroxyl groups excluding tert-OH is 1. The van der Waals surface area contributed by atoms with Crippen molar-refractivity contribution < 1.29 is 33.8 Å². The molecule has 200 valence electrons. The van der Waals surface area contributed by atoms with Crippen LogP contribution in [0.3, 0.4) is 0 Å². The first-order valence-electron chi connectivity index (χ1n) is 12.7. The standard InChI is InChI=1S/C28H32ClF2NO5/c1-26-12-23(34)28(31)20(11-22(30)21-10-18(33)7-8-27(21,28)2)19(26)9-16(24(26)25(35)36)14-32(37)13-15-3-5-17(29)6-4-15/h3-8,10,16,19-20,22-24,34,37H,9,11-14H2,1-2H3,(H,35,36). The van der Waals surface area contributed by atoms with E-state index in [1.54, 1.807) is 31.2 Å². The Morgan fingerprint density at radius 3 is 2.51 bits per heavy atom. The Morgan fingerprint density at radius 1 is 1.19 bits per heavy atom. The van der Waals surface area contributed by atoms with Crippen molar-refractivity contribution in [1.82, 2.24) is 5.06 Å². The highest BCUT2D eigenvalue weighted by Crippen LogP contribution is 2.70. The van der Waals surface area contributed by atoms with E-state index in [0.717, 1.165) is 16.7 Å². The third-order valence-electron chi connectivity index (χ3n) is 9.79.